The molecule has 0 radical (unpaired) electrons. The van der Waals surface area contributed by atoms with Crippen LogP contribution in [0.3, 0.4) is 0 Å². The summed E-state index contributed by atoms with van der Waals surface area (Å²) in [6.07, 6.45) is 6.00. The summed E-state index contributed by atoms with van der Waals surface area (Å²) in [6, 6.07) is 3.01. The number of hydrogen-bond donors (Lipinski definition) is 1. The van der Waals surface area contributed by atoms with E-state index in [2.05, 4.69) is 0 Å². The van der Waals surface area contributed by atoms with Crippen molar-refractivity contribution >= 4 is 24.2 Å². The van der Waals surface area contributed by atoms with Gasteiger partial charge in [-0.1, -0.05) is 0 Å². The molecule has 2 atom stereocenters. The lowest BCUT2D eigenvalue weighted by atomic mass is 9.98. The van der Waals surface area contributed by atoms with Crippen LogP contribution in [0.2, 0.25) is 0 Å². The van der Waals surface area contributed by atoms with E-state index in [0.29, 0.717) is 18.8 Å². The van der Waals surface area contributed by atoms with E-state index in [9.17, 15) is 9.59 Å². The van der Waals surface area contributed by atoms with Gasteiger partial charge in [0.2, 0.25) is 5.91 Å². The SMILES string of the molecule is Cl.NC1CCCN(C(=O)C2CCCCN2C(=O)c2ccco2)C1. The van der Waals surface area contributed by atoms with Gasteiger partial charge in [0, 0.05) is 25.7 Å². The molecule has 6 nitrogen and oxygen atoms in total. The van der Waals surface area contributed by atoms with Gasteiger partial charge in [-0.25, -0.2) is 0 Å². The largest absolute Gasteiger partial charge is 0.459 e. The first-order valence-corrected chi connectivity index (χ1v) is 8.05. The monoisotopic (exact) mass is 341 g/mol. The van der Waals surface area contributed by atoms with Crippen LogP contribution in [0, 0.1) is 0 Å². The Morgan fingerprint density at radius 1 is 1.17 bits per heavy atom. The number of amides is 2. The molecule has 2 amide bonds. The van der Waals surface area contributed by atoms with Crippen LogP contribution in [0.25, 0.3) is 0 Å². The Morgan fingerprint density at radius 2 is 2.00 bits per heavy atom. The normalized spacial score (nSPS) is 24.9. The first-order chi connectivity index (χ1) is 10.7. The predicted molar refractivity (Wildman–Crippen MR) is 88.4 cm³/mol. The van der Waals surface area contributed by atoms with Gasteiger partial charge in [0.05, 0.1) is 6.26 Å². The molecule has 2 fully saturated rings. The molecule has 2 aliphatic rings. The van der Waals surface area contributed by atoms with E-state index in [1.165, 1.54) is 6.26 Å². The van der Waals surface area contributed by atoms with E-state index in [-0.39, 0.29) is 36.3 Å². The molecule has 7 heteroatoms. The number of carbonyl (C=O) groups is 2. The van der Waals surface area contributed by atoms with Gasteiger partial charge >= 0.3 is 0 Å². The van der Waals surface area contributed by atoms with Gasteiger partial charge in [-0.2, -0.15) is 0 Å². The Kier molecular flexibility index (Phi) is 6.07. The summed E-state index contributed by atoms with van der Waals surface area (Å²) in [4.78, 5) is 28.9. The fourth-order valence-electron chi connectivity index (χ4n) is 3.39. The second-order valence-corrected chi connectivity index (χ2v) is 6.17. The molecule has 0 aromatic carbocycles. The molecule has 3 heterocycles. The number of likely N-dealkylation sites (tertiary alicyclic amines) is 2. The van der Waals surface area contributed by atoms with E-state index in [0.717, 1.165) is 38.6 Å². The fourth-order valence-corrected chi connectivity index (χ4v) is 3.39. The Balaban J connectivity index is 0.00000192. The standard InChI is InChI=1S/C16H23N3O3.ClH/c17-12-5-3-8-18(11-12)15(20)13-6-1-2-9-19(13)16(21)14-7-4-10-22-14;/h4,7,10,12-13H,1-3,5-6,8-9,11,17H2;1H. The second-order valence-electron chi connectivity index (χ2n) is 6.17. The zero-order chi connectivity index (χ0) is 15.5. The molecule has 1 aromatic heterocycles. The summed E-state index contributed by atoms with van der Waals surface area (Å²) < 4.78 is 5.20. The third-order valence-electron chi connectivity index (χ3n) is 4.55. The minimum Gasteiger partial charge on any atom is -0.459 e. The van der Waals surface area contributed by atoms with Crippen molar-refractivity contribution in [1.29, 1.82) is 0 Å². The lowest BCUT2D eigenvalue weighted by Crippen LogP contribution is -2.56. The zero-order valence-corrected chi connectivity index (χ0v) is 14.0. The van der Waals surface area contributed by atoms with Gasteiger partial charge in [0.15, 0.2) is 5.76 Å². The number of piperidine rings is 2. The minimum atomic E-state index is -0.378. The number of nitrogens with zero attached hydrogens (tertiary/aromatic N) is 2. The second kappa shape index (κ2) is 7.84. The Morgan fingerprint density at radius 3 is 2.70 bits per heavy atom. The molecule has 3 rings (SSSR count). The molecule has 128 valence electrons. The van der Waals surface area contributed by atoms with Crippen LogP contribution in [-0.4, -0.2) is 53.3 Å². The summed E-state index contributed by atoms with van der Waals surface area (Å²) in [5.41, 5.74) is 5.97. The minimum absolute atomic E-state index is 0. The molecule has 1 aromatic rings. The van der Waals surface area contributed by atoms with E-state index in [1.54, 1.807) is 17.0 Å². The van der Waals surface area contributed by atoms with Crippen LogP contribution < -0.4 is 5.73 Å². The van der Waals surface area contributed by atoms with Crippen molar-refractivity contribution in [2.24, 2.45) is 5.73 Å². The van der Waals surface area contributed by atoms with Crippen LogP contribution in [-0.2, 0) is 4.79 Å². The smallest absolute Gasteiger partial charge is 0.290 e. The van der Waals surface area contributed by atoms with E-state index in [4.69, 9.17) is 10.2 Å². The molecule has 2 saturated heterocycles. The highest BCUT2D eigenvalue weighted by molar-refractivity contribution is 5.95. The van der Waals surface area contributed by atoms with Crippen molar-refractivity contribution < 1.29 is 14.0 Å². The first kappa shape index (κ1) is 17.8. The van der Waals surface area contributed by atoms with Crippen LogP contribution in [0.15, 0.2) is 22.8 Å². The maximum atomic E-state index is 12.8. The van der Waals surface area contributed by atoms with E-state index >= 15 is 0 Å². The molecule has 2 N–H and O–H groups in total. The molecule has 0 spiro atoms. The highest BCUT2D eigenvalue weighted by atomic mass is 35.5. The van der Waals surface area contributed by atoms with Crippen molar-refractivity contribution in [3.05, 3.63) is 24.2 Å². The maximum Gasteiger partial charge on any atom is 0.290 e. The number of nitrogens with two attached hydrogens (primary N) is 1. The lowest BCUT2D eigenvalue weighted by Gasteiger charge is -2.39. The number of rotatable bonds is 2. The summed E-state index contributed by atoms with van der Waals surface area (Å²) in [7, 11) is 0. The van der Waals surface area contributed by atoms with Crippen LogP contribution in [0.5, 0.6) is 0 Å². The summed E-state index contributed by atoms with van der Waals surface area (Å²) in [5, 5.41) is 0. The number of carbonyl (C=O) groups excluding carboxylic acids is 2. The fraction of sp³-hybridized carbons (Fsp3) is 0.625. The summed E-state index contributed by atoms with van der Waals surface area (Å²) in [5.74, 6) is 0.147. The topological polar surface area (TPSA) is 79.8 Å². The third-order valence-corrected chi connectivity index (χ3v) is 4.55. The van der Waals surface area contributed by atoms with E-state index < -0.39 is 0 Å². The Labute approximate surface area is 142 Å². The number of furan rings is 1. The van der Waals surface area contributed by atoms with Crippen molar-refractivity contribution in [3.8, 4) is 0 Å². The van der Waals surface area contributed by atoms with Crippen LogP contribution in [0.1, 0.15) is 42.7 Å². The molecule has 0 bridgehead atoms. The quantitative estimate of drug-likeness (QED) is 0.887. The van der Waals surface area contributed by atoms with Gasteiger partial charge < -0.3 is 20.0 Å². The predicted octanol–water partition coefficient (Wildman–Crippen LogP) is 1.65. The van der Waals surface area contributed by atoms with E-state index in [1.807, 2.05) is 4.90 Å². The molecular formula is C16H24ClN3O3. The number of hydrogen-bond acceptors (Lipinski definition) is 4. The van der Waals surface area contributed by atoms with Gasteiger partial charge in [-0.05, 0) is 44.2 Å². The van der Waals surface area contributed by atoms with Gasteiger partial charge in [-0.3, -0.25) is 9.59 Å². The van der Waals surface area contributed by atoms with Crippen molar-refractivity contribution in [1.82, 2.24) is 9.80 Å². The van der Waals surface area contributed by atoms with Crippen LogP contribution >= 0.6 is 12.4 Å². The third kappa shape index (κ3) is 3.87. The zero-order valence-electron chi connectivity index (χ0n) is 13.1. The highest BCUT2D eigenvalue weighted by Gasteiger charge is 2.36. The van der Waals surface area contributed by atoms with Crippen molar-refractivity contribution in [2.45, 2.75) is 44.2 Å². The van der Waals surface area contributed by atoms with Crippen molar-refractivity contribution in [3.63, 3.8) is 0 Å². The molecular weight excluding hydrogens is 318 g/mol. The van der Waals surface area contributed by atoms with Gasteiger partial charge in [0.1, 0.15) is 6.04 Å². The molecule has 2 aliphatic heterocycles. The molecule has 23 heavy (non-hydrogen) atoms. The maximum absolute atomic E-state index is 12.8. The van der Waals surface area contributed by atoms with Crippen LogP contribution in [0.4, 0.5) is 0 Å². The lowest BCUT2D eigenvalue weighted by molar-refractivity contribution is -0.138. The summed E-state index contributed by atoms with van der Waals surface area (Å²) >= 11 is 0. The molecule has 2 unspecified atom stereocenters. The van der Waals surface area contributed by atoms with Gasteiger partial charge in [-0.15, -0.1) is 12.4 Å². The van der Waals surface area contributed by atoms with Gasteiger partial charge in [0.25, 0.3) is 5.91 Å². The molecule has 0 saturated carbocycles. The highest BCUT2D eigenvalue weighted by Crippen LogP contribution is 2.23. The number of halogens is 1. The van der Waals surface area contributed by atoms with Crippen molar-refractivity contribution in [2.75, 3.05) is 19.6 Å². The average molecular weight is 342 g/mol. The summed E-state index contributed by atoms with van der Waals surface area (Å²) in [6.45, 7) is 1.94. The first-order valence-electron chi connectivity index (χ1n) is 8.05. The molecule has 0 aliphatic carbocycles. The Bertz CT molecular complexity index is 535. The average Bonchev–Trinajstić information content (AvgIpc) is 3.08. The Hall–Kier alpha value is -1.53.